The van der Waals surface area contributed by atoms with Gasteiger partial charge in [0.2, 0.25) is 0 Å². The van der Waals surface area contributed by atoms with Crippen LogP contribution in [0.25, 0.3) is 0 Å². The van der Waals surface area contributed by atoms with E-state index in [1.165, 1.54) is 0 Å². The molecule has 1 fully saturated rings. The first-order valence-corrected chi connectivity index (χ1v) is 6.90. The Labute approximate surface area is 120 Å². The van der Waals surface area contributed by atoms with Crippen molar-refractivity contribution >= 4 is 17.3 Å². The second kappa shape index (κ2) is 5.92. The van der Waals surface area contributed by atoms with Crippen molar-refractivity contribution in [1.29, 1.82) is 5.26 Å². The topological polar surface area (TPSA) is 27.0 Å². The van der Waals surface area contributed by atoms with Gasteiger partial charge in [-0.05, 0) is 30.5 Å². The van der Waals surface area contributed by atoms with Crippen LogP contribution in [0.15, 0.2) is 18.2 Å². The van der Waals surface area contributed by atoms with Crippen LogP contribution in [0, 0.1) is 17.2 Å². The first-order chi connectivity index (χ1) is 9.45. The summed E-state index contributed by atoms with van der Waals surface area (Å²) in [6.45, 7) is 0.637. The molecule has 108 valence electrons. The SMILES string of the molecule is N#Cc1cc(CCl)ccc1N1CCC(C(F)(F)F)CC1. The van der Waals surface area contributed by atoms with E-state index in [0.717, 1.165) is 5.56 Å². The summed E-state index contributed by atoms with van der Waals surface area (Å²) in [4.78, 5) is 1.85. The maximum absolute atomic E-state index is 12.6. The summed E-state index contributed by atoms with van der Waals surface area (Å²) in [5.41, 5.74) is 1.99. The zero-order valence-electron chi connectivity index (χ0n) is 10.8. The molecule has 0 aliphatic carbocycles. The summed E-state index contributed by atoms with van der Waals surface area (Å²) >= 11 is 5.72. The van der Waals surface area contributed by atoms with Crippen molar-refractivity contribution < 1.29 is 13.2 Å². The van der Waals surface area contributed by atoms with Gasteiger partial charge in [0.1, 0.15) is 6.07 Å². The van der Waals surface area contributed by atoms with E-state index < -0.39 is 12.1 Å². The minimum atomic E-state index is -4.12. The number of anilines is 1. The maximum atomic E-state index is 12.6. The highest BCUT2D eigenvalue weighted by molar-refractivity contribution is 6.17. The third kappa shape index (κ3) is 3.18. The average molecular weight is 303 g/mol. The van der Waals surface area contributed by atoms with E-state index >= 15 is 0 Å². The second-order valence-corrected chi connectivity index (χ2v) is 5.17. The number of benzene rings is 1. The molecule has 0 aromatic heterocycles. The highest BCUT2D eigenvalue weighted by Gasteiger charge is 2.41. The number of hydrogen-bond acceptors (Lipinski definition) is 2. The maximum Gasteiger partial charge on any atom is 0.391 e. The minimum Gasteiger partial charge on any atom is -0.370 e. The van der Waals surface area contributed by atoms with Crippen molar-refractivity contribution in [2.45, 2.75) is 24.9 Å². The molecule has 20 heavy (non-hydrogen) atoms. The van der Waals surface area contributed by atoms with Crippen LogP contribution in [0.4, 0.5) is 18.9 Å². The molecule has 2 rings (SSSR count). The van der Waals surface area contributed by atoms with E-state index in [1.54, 1.807) is 18.2 Å². The van der Waals surface area contributed by atoms with Gasteiger partial charge in [-0.25, -0.2) is 0 Å². The number of alkyl halides is 4. The Balaban J connectivity index is 2.13. The van der Waals surface area contributed by atoms with Crippen molar-refractivity contribution in [3.05, 3.63) is 29.3 Å². The fourth-order valence-electron chi connectivity index (χ4n) is 2.48. The lowest BCUT2D eigenvalue weighted by Crippen LogP contribution is -2.39. The summed E-state index contributed by atoms with van der Waals surface area (Å²) in [5.74, 6) is -0.920. The molecule has 1 heterocycles. The van der Waals surface area contributed by atoms with Crippen molar-refractivity contribution in [3.8, 4) is 6.07 Å². The Hall–Kier alpha value is -1.41. The molecular weight excluding hydrogens is 289 g/mol. The van der Waals surface area contributed by atoms with Crippen LogP contribution >= 0.6 is 11.6 Å². The zero-order valence-corrected chi connectivity index (χ0v) is 11.5. The second-order valence-electron chi connectivity index (χ2n) is 4.90. The van der Waals surface area contributed by atoms with Gasteiger partial charge >= 0.3 is 6.18 Å². The van der Waals surface area contributed by atoms with E-state index in [2.05, 4.69) is 6.07 Å². The molecule has 1 aliphatic rings. The quantitative estimate of drug-likeness (QED) is 0.770. The molecule has 0 amide bonds. The standard InChI is InChI=1S/C14H14ClF3N2/c15-8-10-1-2-13(11(7-10)9-19)20-5-3-12(4-6-20)14(16,17)18/h1-2,7,12H,3-6,8H2. The van der Waals surface area contributed by atoms with Crippen LogP contribution in [-0.2, 0) is 5.88 Å². The van der Waals surface area contributed by atoms with Gasteiger partial charge in [0, 0.05) is 19.0 Å². The third-order valence-corrected chi connectivity index (χ3v) is 3.94. The van der Waals surface area contributed by atoms with Gasteiger partial charge in [-0.3, -0.25) is 0 Å². The first-order valence-electron chi connectivity index (χ1n) is 6.36. The molecule has 0 radical (unpaired) electrons. The minimum absolute atomic E-state index is 0.0750. The van der Waals surface area contributed by atoms with Gasteiger partial charge < -0.3 is 4.90 Å². The highest BCUT2D eigenvalue weighted by atomic mass is 35.5. The Kier molecular flexibility index (Phi) is 4.44. The molecule has 2 nitrogen and oxygen atoms in total. The Morgan fingerprint density at radius 1 is 1.30 bits per heavy atom. The summed E-state index contributed by atoms with van der Waals surface area (Å²) in [6.07, 6.45) is -3.97. The molecule has 0 spiro atoms. The smallest absolute Gasteiger partial charge is 0.370 e. The van der Waals surface area contributed by atoms with Gasteiger partial charge in [-0.2, -0.15) is 18.4 Å². The number of halogens is 4. The summed E-state index contributed by atoms with van der Waals surface area (Å²) in [7, 11) is 0. The van der Waals surface area contributed by atoms with E-state index in [4.69, 9.17) is 16.9 Å². The number of nitrogens with zero attached hydrogens (tertiary/aromatic N) is 2. The molecule has 0 saturated carbocycles. The van der Waals surface area contributed by atoms with Crippen LogP contribution < -0.4 is 4.90 Å². The summed E-state index contributed by atoms with van der Waals surface area (Å²) < 4.78 is 37.9. The van der Waals surface area contributed by atoms with Gasteiger partial charge in [-0.15, -0.1) is 11.6 Å². The molecule has 1 aromatic carbocycles. The molecule has 0 N–H and O–H groups in total. The molecule has 0 atom stereocenters. The summed E-state index contributed by atoms with van der Waals surface area (Å²) in [5, 5.41) is 9.15. The lowest BCUT2D eigenvalue weighted by molar-refractivity contribution is -0.179. The van der Waals surface area contributed by atoms with Crippen molar-refractivity contribution in [3.63, 3.8) is 0 Å². The molecule has 6 heteroatoms. The normalized spacial score (nSPS) is 17.1. The number of nitriles is 1. The van der Waals surface area contributed by atoms with Gasteiger partial charge in [0.15, 0.2) is 0 Å². The average Bonchev–Trinajstić information content (AvgIpc) is 2.45. The van der Waals surface area contributed by atoms with Crippen LogP contribution in [0.3, 0.4) is 0 Å². The van der Waals surface area contributed by atoms with E-state index in [9.17, 15) is 13.2 Å². The first kappa shape index (κ1) is 15.0. The van der Waals surface area contributed by atoms with Crippen molar-refractivity contribution in [1.82, 2.24) is 0 Å². The van der Waals surface area contributed by atoms with Crippen LogP contribution in [0.5, 0.6) is 0 Å². The molecule has 0 unspecified atom stereocenters. The Morgan fingerprint density at radius 3 is 2.45 bits per heavy atom. The predicted octanol–water partition coefficient (Wildman–Crippen LogP) is 4.08. The fraction of sp³-hybridized carbons (Fsp3) is 0.500. The predicted molar refractivity (Wildman–Crippen MR) is 71.7 cm³/mol. The molecule has 1 aromatic rings. The largest absolute Gasteiger partial charge is 0.391 e. The van der Waals surface area contributed by atoms with E-state index in [1.807, 2.05) is 4.90 Å². The van der Waals surface area contributed by atoms with Gasteiger partial charge in [0.05, 0.1) is 17.2 Å². The molecule has 1 saturated heterocycles. The number of piperidine rings is 1. The summed E-state index contributed by atoms with van der Waals surface area (Å²) in [6, 6.07) is 7.35. The lowest BCUT2D eigenvalue weighted by Gasteiger charge is -2.34. The van der Waals surface area contributed by atoms with Gasteiger partial charge in [0.25, 0.3) is 0 Å². The van der Waals surface area contributed by atoms with Crippen LogP contribution in [0.1, 0.15) is 24.0 Å². The Bertz CT molecular complexity index is 514. The number of hydrogen-bond donors (Lipinski definition) is 0. The lowest BCUT2D eigenvalue weighted by atomic mass is 9.95. The van der Waals surface area contributed by atoms with E-state index in [-0.39, 0.29) is 12.8 Å². The Morgan fingerprint density at radius 2 is 1.95 bits per heavy atom. The van der Waals surface area contributed by atoms with Crippen LogP contribution in [-0.4, -0.2) is 19.3 Å². The van der Waals surface area contributed by atoms with E-state index in [0.29, 0.717) is 30.2 Å². The number of rotatable bonds is 2. The van der Waals surface area contributed by atoms with Crippen molar-refractivity contribution in [2.75, 3.05) is 18.0 Å². The molecule has 0 bridgehead atoms. The third-order valence-electron chi connectivity index (χ3n) is 3.63. The van der Waals surface area contributed by atoms with Crippen LogP contribution in [0.2, 0.25) is 0 Å². The highest BCUT2D eigenvalue weighted by Crippen LogP contribution is 2.36. The van der Waals surface area contributed by atoms with Crippen molar-refractivity contribution in [2.24, 2.45) is 5.92 Å². The van der Waals surface area contributed by atoms with Gasteiger partial charge in [-0.1, -0.05) is 6.07 Å². The zero-order chi connectivity index (χ0) is 14.8. The molecular formula is C14H14ClF3N2. The fourth-order valence-corrected chi connectivity index (χ4v) is 2.65. The monoisotopic (exact) mass is 302 g/mol. The molecule has 1 aliphatic heterocycles.